The highest BCUT2D eigenvalue weighted by Gasteiger charge is 1.92. The van der Waals surface area contributed by atoms with Crippen molar-refractivity contribution in [1.82, 2.24) is 0 Å². The van der Waals surface area contributed by atoms with E-state index in [9.17, 15) is 4.53 Å². The molecule has 0 heterocycles. The molecule has 1 atom stereocenters. The van der Waals surface area contributed by atoms with Crippen LogP contribution in [0, 0.1) is 0 Å². The SMILES string of the molecule is CC(=O)O.COC(C)OF. The molecule has 1 unspecified atom stereocenters. The van der Waals surface area contributed by atoms with Gasteiger partial charge in [-0.3, -0.25) is 4.79 Å². The van der Waals surface area contributed by atoms with Crippen LogP contribution in [0.4, 0.5) is 4.53 Å². The van der Waals surface area contributed by atoms with Gasteiger partial charge in [-0.1, -0.05) is 0 Å². The molecule has 0 fully saturated rings. The lowest BCUT2D eigenvalue weighted by Crippen LogP contribution is -2.02. The molecule has 5 heteroatoms. The maximum absolute atomic E-state index is 10.8. The second kappa shape index (κ2) is 8.32. The van der Waals surface area contributed by atoms with Crippen molar-refractivity contribution in [3.63, 3.8) is 0 Å². The highest BCUT2D eigenvalue weighted by Crippen LogP contribution is 1.87. The molecule has 0 aliphatic carbocycles. The number of hydrogen-bond donors (Lipinski definition) is 1. The molecule has 4 nitrogen and oxygen atoms in total. The number of ether oxygens (including phenoxy) is 1. The Bertz CT molecular complexity index is 77.7. The minimum absolute atomic E-state index is 0.731. The predicted molar refractivity (Wildman–Crippen MR) is 32.0 cm³/mol. The summed E-state index contributed by atoms with van der Waals surface area (Å²) in [5.41, 5.74) is 0. The quantitative estimate of drug-likeness (QED) is 0.602. The van der Waals surface area contributed by atoms with Crippen LogP contribution in [-0.2, 0) is 14.5 Å². The Labute approximate surface area is 58.5 Å². The van der Waals surface area contributed by atoms with Gasteiger partial charge in [-0.2, -0.15) is 4.94 Å². The summed E-state index contributed by atoms with van der Waals surface area (Å²) in [6, 6.07) is 0. The fraction of sp³-hybridized carbons (Fsp3) is 0.800. The molecule has 0 bridgehead atoms. The van der Waals surface area contributed by atoms with E-state index in [0.717, 1.165) is 6.92 Å². The van der Waals surface area contributed by atoms with Gasteiger partial charge in [0.2, 0.25) is 0 Å². The lowest BCUT2D eigenvalue weighted by atomic mass is 10.8. The molecule has 0 aromatic carbocycles. The molecule has 0 amide bonds. The maximum atomic E-state index is 10.8. The minimum atomic E-state index is -0.833. The van der Waals surface area contributed by atoms with Crippen LogP contribution in [0.25, 0.3) is 0 Å². The van der Waals surface area contributed by atoms with Gasteiger partial charge in [-0.05, 0) is 11.4 Å². The minimum Gasteiger partial charge on any atom is -0.481 e. The summed E-state index contributed by atoms with van der Waals surface area (Å²) >= 11 is 0. The third-order valence-corrected chi connectivity index (χ3v) is 0.457. The van der Waals surface area contributed by atoms with Crippen LogP contribution >= 0.6 is 0 Å². The summed E-state index contributed by atoms with van der Waals surface area (Å²) in [4.78, 5) is 12.2. The summed E-state index contributed by atoms with van der Waals surface area (Å²) in [6.07, 6.45) is -0.731. The average Bonchev–Trinajstić information content (AvgIpc) is 1.85. The van der Waals surface area contributed by atoms with Crippen LogP contribution in [0.1, 0.15) is 13.8 Å². The van der Waals surface area contributed by atoms with Crippen LogP contribution in [-0.4, -0.2) is 24.5 Å². The van der Waals surface area contributed by atoms with Crippen LogP contribution in [0.3, 0.4) is 0 Å². The third kappa shape index (κ3) is 26.5. The molecular weight excluding hydrogens is 143 g/mol. The van der Waals surface area contributed by atoms with E-state index < -0.39 is 12.3 Å². The zero-order valence-electron chi connectivity index (χ0n) is 6.13. The molecule has 0 saturated heterocycles. The second-order valence-electron chi connectivity index (χ2n) is 1.41. The van der Waals surface area contributed by atoms with Gasteiger partial charge in [0.05, 0.1) is 0 Å². The Hall–Kier alpha value is -0.680. The molecule has 0 saturated carbocycles. The molecule has 62 valence electrons. The summed E-state index contributed by atoms with van der Waals surface area (Å²) in [6.45, 7) is 2.54. The van der Waals surface area contributed by atoms with Crippen molar-refractivity contribution in [2.75, 3.05) is 7.11 Å². The fourth-order valence-corrected chi connectivity index (χ4v) is 0.0364. The molecular formula is C5H11FO4. The van der Waals surface area contributed by atoms with E-state index in [1.54, 1.807) is 0 Å². The van der Waals surface area contributed by atoms with Gasteiger partial charge in [0, 0.05) is 14.0 Å². The first-order valence-corrected chi connectivity index (χ1v) is 2.54. The number of carboxylic acid groups (broad SMARTS) is 1. The zero-order chi connectivity index (χ0) is 8.57. The van der Waals surface area contributed by atoms with Crippen molar-refractivity contribution in [1.29, 1.82) is 0 Å². The smallest absolute Gasteiger partial charge is 0.300 e. The standard InChI is InChI=1S/C3H7FO2.C2H4O2/c1-3(5-2)6-4;1-2(3)4/h3H,1-2H3;1H3,(H,3,4). The molecule has 0 aromatic heterocycles. The Morgan fingerprint density at radius 1 is 1.70 bits per heavy atom. The lowest BCUT2D eigenvalue weighted by Gasteiger charge is -1.97. The monoisotopic (exact) mass is 154 g/mol. The van der Waals surface area contributed by atoms with Gasteiger partial charge in [-0.25, -0.2) is 0 Å². The Kier molecular flexibility index (Phi) is 10.0. The molecule has 0 aliphatic rings. The summed E-state index contributed by atoms with van der Waals surface area (Å²) in [7, 11) is 1.37. The van der Waals surface area contributed by atoms with Gasteiger partial charge in [0.15, 0.2) is 6.29 Å². The van der Waals surface area contributed by atoms with E-state index in [0.29, 0.717) is 0 Å². The van der Waals surface area contributed by atoms with Crippen molar-refractivity contribution in [2.24, 2.45) is 0 Å². The zero-order valence-corrected chi connectivity index (χ0v) is 6.13. The number of carboxylic acids is 1. The molecule has 0 aromatic rings. The lowest BCUT2D eigenvalue weighted by molar-refractivity contribution is -0.257. The van der Waals surface area contributed by atoms with Crippen LogP contribution in [0.2, 0.25) is 0 Å². The number of rotatable bonds is 2. The number of aliphatic carboxylic acids is 1. The first kappa shape index (κ1) is 12.0. The Morgan fingerprint density at radius 3 is 2.00 bits per heavy atom. The largest absolute Gasteiger partial charge is 0.481 e. The third-order valence-electron chi connectivity index (χ3n) is 0.457. The number of methoxy groups -OCH3 is 1. The van der Waals surface area contributed by atoms with E-state index in [4.69, 9.17) is 9.90 Å². The second-order valence-corrected chi connectivity index (χ2v) is 1.41. The first-order valence-electron chi connectivity index (χ1n) is 2.54. The number of hydrogen-bond acceptors (Lipinski definition) is 3. The van der Waals surface area contributed by atoms with E-state index in [1.807, 2.05) is 0 Å². The highest BCUT2D eigenvalue weighted by molar-refractivity contribution is 5.62. The van der Waals surface area contributed by atoms with Gasteiger partial charge < -0.3 is 9.84 Å². The van der Waals surface area contributed by atoms with Crippen molar-refractivity contribution >= 4 is 5.97 Å². The predicted octanol–water partition coefficient (Wildman–Crippen LogP) is 0.971. The van der Waals surface area contributed by atoms with Gasteiger partial charge >= 0.3 is 0 Å². The topological polar surface area (TPSA) is 55.8 Å². The molecule has 10 heavy (non-hydrogen) atoms. The molecule has 0 rings (SSSR count). The van der Waals surface area contributed by atoms with E-state index in [1.165, 1.54) is 14.0 Å². The van der Waals surface area contributed by atoms with Crippen LogP contribution in [0.15, 0.2) is 0 Å². The van der Waals surface area contributed by atoms with Crippen molar-refractivity contribution < 1.29 is 24.1 Å². The summed E-state index contributed by atoms with van der Waals surface area (Å²) < 4.78 is 15.1. The molecule has 0 radical (unpaired) electrons. The maximum Gasteiger partial charge on any atom is 0.300 e. The van der Waals surface area contributed by atoms with Gasteiger partial charge in [0.1, 0.15) is 0 Å². The first-order chi connectivity index (χ1) is 4.54. The molecule has 0 spiro atoms. The fourth-order valence-electron chi connectivity index (χ4n) is 0.0364. The normalized spacial score (nSPS) is 11.2. The van der Waals surface area contributed by atoms with Crippen molar-refractivity contribution in [3.05, 3.63) is 0 Å². The average molecular weight is 154 g/mol. The summed E-state index contributed by atoms with van der Waals surface area (Å²) in [5.74, 6) is -0.833. The summed E-state index contributed by atoms with van der Waals surface area (Å²) in [5, 5.41) is 7.42. The van der Waals surface area contributed by atoms with Gasteiger partial charge in [-0.15, -0.1) is 0 Å². The number of carbonyl (C=O) groups is 1. The Balaban J connectivity index is 0. The van der Waals surface area contributed by atoms with Crippen LogP contribution in [0.5, 0.6) is 0 Å². The van der Waals surface area contributed by atoms with E-state index in [2.05, 4.69) is 9.68 Å². The Morgan fingerprint density at radius 2 is 2.00 bits per heavy atom. The molecule has 1 N–H and O–H groups in total. The van der Waals surface area contributed by atoms with Gasteiger partial charge in [0.25, 0.3) is 5.97 Å². The van der Waals surface area contributed by atoms with E-state index >= 15 is 0 Å². The van der Waals surface area contributed by atoms with Crippen molar-refractivity contribution in [2.45, 2.75) is 20.1 Å². The van der Waals surface area contributed by atoms with Crippen LogP contribution < -0.4 is 0 Å². The molecule has 0 aliphatic heterocycles. The highest BCUT2D eigenvalue weighted by atomic mass is 19.3. The van der Waals surface area contributed by atoms with Crippen molar-refractivity contribution in [3.8, 4) is 0 Å². The van der Waals surface area contributed by atoms with E-state index in [-0.39, 0.29) is 0 Å². The number of halogens is 1.